The molecule has 0 aliphatic carbocycles. The molecule has 5 heteroatoms. The molecule has 0 saturated heterocycles. The van der Waals surface area contributed by atoms with Crippen LogP contribution in [-0.2, 0) is 7.05 Å². The summed E-state index contributed by atoms with van der Waals surface area (Å²) in [5.41, 5.74) is 1.74. The van der Waals surface area contributed by atoms with Crippen LogP contribution in [0.3, 0.4) is 0 Å². The normalized spacial score (nSPS) is 11.8. The van der Waals surface area contributed by atoms with Crippen LogP contribution < -0.4 is 5.32 Å². The number of hydrogen-bond acceptors (Lipinski definition) is 3. The first-order valence-corrected chi connectivity index (χ1v) is 5.89. The lowest BCUT2D eigenvalue weighted by Crippen LogP contribution is -2.08. The smallest absolute Gasteiger partial charge is 0.143 e. The van der Waals surface area contributed by atoms with Gasteiger partial charge in [0.2, 0.25) is 0 Å². The molecule has 1 N–H and O–H groups in total. The molecule has 2 rings (SSSR count). The zero-order chi connectivity index (χ0) is 12.3. The Labute approximate surface area is 108 Å². The molecule has 4 nitrogen and oxygen atoms in total. The lowest BCUT2D eigenvalue weighted by atomic mass is 10.1. The Hall–Kier alpha value is -1.80. The molecule has 0 spiro atoms. The van der Waals surface area contributed by atoms with Gasteiger partial charge in [0.15, 0.2) is 0 Å². The van der Waals surface area contributed by atoms with Gasteiger partial charge in [0.25, 0.3) is 0 Å². The summed E-state index contributed by atoms with van der Waals surface area (Å²) in [7, 11) is 1.83. The van der Waals surface area contributed by atoms with Gasteiger partial charge in [-0.2, -0.15) is 10.4 Å². The number of nitrogens with zero attached hydrogens (tertiary/aromatic N) is 3. The second kappa shape index (κ2) is 5.02. The first-order chi connectivity index (χ1) is 8.20. The number of rotatable bonds is 3. The summed E-state index contributed by atoms with van der Waals surface area (Å²) in [5.74, 6) is 0. The average Bonchev–Trinajstić information content (AvgIpc) is 2.75. The first kappa shape index (κ1) is 11.7. The lowest BCUT2D eigenvalue weighted by molar-refractivity contribution is 0.766. The summed E-state index contributed by atoms with van der Waals surface area (Å²) in [6.45, 7) is 0. The van der Waals surface area contributed by atoms with Crippen molar-refractivity contribution < 1.29 is 0 Å². The van der Waals surface area contributed by atoms with Crippen molar-refractivity contribution in [2.75, 3.05) is 5.32 Å². The van der Waals surface area contributed by atoms with Crippen LogP contribution in [0, 0.1) is 11.3 Å². The predicted octanol–water partition coefficient (Wildman–Crippen LogP) is 2.86. The van der Waals surface area contributed by atoms with Gasteiger partial charge in [0.1, 0.15) is 6.04 Å². The second-order valence-electron chi connectivity index (χ2n) is 3.63. The Morgan fingerprint density at radius 2 is 2.24 bits per heavy atom. The van der Waals surface area contributed by atoms with Gasteiger partial charge in [-0.1, -0.05) is 12.1 Å². The second-order valence-corrected chi connectivity index (χ2v) is 4.49. The minimum Gasteiger partial charge on any atom is -0.365 e. The topological polar surface area (TPSA) is 53.6 Å². The minimum atomic E-state index is -0.401. The van der Waals surface area contributed by atoms with Crippen molar-refractivity contribution in [3.8, 4) is 6.07 Å². The van der Waals surface area contributed by atoms with Gasteiger partial charge in [0.05, 0.1) is 12.3 Å². The van der Waals surface area contributed by atoms with E-state index < -0.39 is 6.04 Å². The van der Waals surface area contributed by atoms with Crippen LogP contribution in [0.25, 0.3) is 0 Å². The maximum Gasteiger partial charge on any atom is 0.143 e. The number of nitriles is 1. The summed E-state index contributed by atoms with van der Waals surface area (Å²) >= 11 is 3.44. The van der Waals surface area contributed by atoms with Gasteiger partial charge in [-0.15, -0.1) is 0 Å². The Balaban J connectivity index is 2.22. The number of halogens is 1. The highest BCUT2D eigenvalue weighted by Gasteiger charge is 2.13. The number of hydrogen-bond donors (Lipinski definition) is 1. The third kappa shape index (κ3) is 2.66. The monoisotopic (exact) mass is 290 g/mol. The molecule has 0 aliphatic rings. The number of benzene rings is 1. The van der Waals surface area contributed by atoms with E-state index in [0.29, 0.717) is 0 Å². The van der Waals surface area contributed by atoms with Gasteiger partial charge < -0.3 is 5.32 Å². The highest BCUT2D eigenvalue weighted by Crippen LogP contribution is 2.25. The number of aromatic nitrogens is 2. The zero-order valence-electron chi connectivity index (χ0n) is 9.26. The van der Waals surface area contributed by atoms with Crippen molar-refractivity contribution in [1.82, 2.24) is 9.78 Å². The molecule has 0 bridgehead atoms. The zero-order valence-corrected chi connectivity index (χ0v) is 10.8. The van der Waals surface area contributed by atoms with Crippen molar-refractivity contribution >= 4 is 21.6 Å². The van der Waals surface area contributed by atoms with Crippen molar-refractivity contribution in [3.63, 3.8) is 0 Å². The average molecular weight is 291 g/mol. The third-order valence-corrected chi connectivity index (χ3v) is 3.05. The summed E-state index contributed by atoms with van der Waals surface area (Å²) in [5, 5.41) is 16.4. The van der Waals surface area contributed by atoms with E-state index >= 15 is 0 Å². The molecule has 2 aromatic rings. The van der Waals surface area contributed by atoms with E-state index in [0.717, 1.165) is 15.7 Å². The van der Waals surface area contributed by atoms with E-state index in [1.807, 2.05) is 37.5 Å². The van der Waals surface area contributed by atoms with Crippen molar-refractivity contribution in [2.24, 2.45) is 7.05 Å². The van der Waals surface area contributed by atoms with Gasteiger partial charge >= 0.3 is 0 Å². The summed E-state index contributed by atoms with van der Waals surface area (Å²) in [6, 6.07) is 9.53. The molecular formula is C12H11BrN4. The van der Waals surface area contributed by atoms with E-state index in [1.54, 1.807) is 10.9 Å². The Morgan fingerprint density at radius 3 is 2.82 bits per heavy atom. The molecule has 1 unspecified atom stereocenters. The number of para-hydroxylation sites is 1. The maximum absolute atomic E-state index is 9.18. The van der Waals surface area contributed by atoms with Crippen LogP contribution in [0.1, 0.15) is 11.6 Å². The molecule has 1 atom stereocenters. The Morgan fingerprint density at radius 1 is 1.47 bits per heavy atom. The molecule has 0 amide bonds. The van der Waals surface area contributed by atoms with E-state index in [4.69, 9.17) is 0 Å². The summed E-state index contributed by atoms with van der Waals surface area (Å²) in [4.78, 5) is 0. The largest absolute Gasteiger partial charge is 0.365 e. The third-order valence-electron chi connectivity index (χ3n) is 2.36. The van der Waals surface area contributed by atoms with Crippen LogP contribution in [0.5, 0.6) is 0 Å². The van der Waals surface area contributed by atoms with Gasteiger partial charge in [-0.25, -0.2) is 0 Å². The predicted molar refractivity (Wildman–Crippen MR) is 69.3 cm³/mol. The van der Waals surface area contributed by atoms with Crippen LogP contribution in [-0.4, -0.2) is 9.78 Å². The first-order valence-electron chi connectivity index (χ1n) is 5.10. The molecule has 17 heavy (non-hydrogen) atoms. The summed E-state index contributed by atoms with van der Waals surface area (Å²) in [6.07, 6.45) is 3.52. The fourth-order valence-corrected chi connectivity index (χ4v) is 1.91. The minimum absolute atomic E-state index is 0.401. The van der Waals surface area contributed by atoms with Gasteiger partial charge in [-0.3, -0.25) is 4.68 Å². The van der Waals surface area contributed by atoms with E-state index in [1.165, 1.54) is 0 Å². The van der Waals surface area contributed by atoms with Gasteiger partial charge in [-0.05, 0) is 28.1 Å². The standard InChI is InChI=1S/C12H11BrN4/c1-17-8-9(7-15-17)12(6-14)16-11-5-3-2-4-10(11)13/h2-5,7-8,12,16H,1H3. The maximum atomic E-state index is 9.18. The molecule has 0 saturated carbocycles. The number of anilines is 1. The molecule has 1 aromatic carbocycles. The Bertz CT molecular complexity index is 556. The van der Waals surface area contributed by atoms with Crippen molar-refractivity contribution in [1.29, 1.82) is 5.26 Å². The van der Waals surface area contributed by atoms with Crippen molar-refractivity contribution in [3.05, 3.63) is 46.7 Å². The quantitative estimate of drug-likeness (QED) is 0.946. The van der Waals surface area contributed by atoms with Crippen LogP contribution >= 0.6 is 15.9 Å². The van der Waals surface area contributed by atoms with Gasteiger partial charge in [0, 0.05) is 29.0 Å². The molecule has 0 radical (unpaired) electrons. The summed E-state index contributed by atoms with van der Waals surface area (Å²) < 4.78 is 2.62. The van der Waals surface area contributed by atoms with E-state index in [2.05, 4.69) is 32.4 Å². The SMILES string of the molecule is Cn1cc(C(C#N)Nc2ccccc2Br)cn1. The van der Waals surface area contributed by atoms with Crippen molar-refractivity contribution in [2.45, 2.75) is 6.04 Å². The number of nitrogens with one attached hydrogen (secondary N) is 1. The molecule has 86 valence electrons. The Kier molecular flexibility index (Phi) is 3.45. The van der Waals surface area contributed by atoms with Crippen LogP contribution in [0.15, 0.2) is 41.1 Å². The van der Waals surface area contributed by atoms with E-state index in [-0.39, 0.29) is 0 Å². The highest BCUT2D eigenvalue weighted by atomic mass is 79.9. The molecule has 1 heterocycles. The number of aryl methyl sites for hydroxylation is 1. The van der Waals surface area contributed by atoms with Crippen LogP contribution in [0.4, 0.5) is 5.69 Å². The van der Waals surface area contributed by atoms with Crippen LogP contribution in [0.2, 0.25) is 0 Å². The fourth-order valence-electron chi connectivity index (χ4n) is 1.51. The molecule has 0 fully saturated rings. The lowest BCUT2D eigenvalue weighted by Gasteiger charge is -2.12. The fraction of sp³-hybridized carbons (Fsp3) is 0.167. The molecule has 0 aliphatic heterocycles. The highest BCUT2D eigenvalue weighted by molar-refractivity contribution is 9.10. The molecule has 1 aromatic heterocycles. The molecular weight excluding hydrogens is 280 g/mol. The van der Waals surface area contributed by atoms with E-state index in [9.17, 15) is 5.26 Å².